The highest BCUT2D eigenvalue weighted by atomic mass is 35.5. The molecule has 4 nitrogen and oxygen atoms in total. The van der Waals surface area contributed by atoms with Crippen molar-refractivity contribution in [2.24, 2.45) is 0 Å². The molecule has 1 aliphatic rings. The van der Waals surface area contributed by atoms with Crippen LogP contribution in [0.1, 0.15) is 13.3 Å². The second kappa shape index (κ2) is 3.61. The van der Waals surface area contributed by atoms with Gasteiger partial charge in [-0.25, -0.2) is 4.98 Å². The highest BCUT2D eigenvalue weighted by Crippen LogP contribution is 2.28. The topological polar surface area (TPSA) is 41.1 Å². The van der Waals surface area contributed by atoms with Crippen LogP contribution in [0.25, 0.3) is 0 Å². The van der Waals surface area contributed by atoms with E-state index in [1.165, 1.54) is 0 Å². The Labute approximate surface area is 88.3 Å². The van der Waals surface area contributed by atoms with Crippen molar-refractivity contribution in [1.82, 2.24) is 9.97 Å². The number of fused-ring (bicyclic) bond motifs is 1. The zero-order chi connectivity index (χ0) is 10.1. The number of aromatic nitrogens is 2. The van der Waals surface area contributed by atoms with E-state index in [1.54, 1.807) is 6.20 Å². The van der Waals surface area contributed by atoms with Crippen molar-refractivity contribution in [1.29, 1.82) is 0 Å². The molecule has 0 unspecified atom stereocenters. The normalized spacial score (nSPS) is 20.2. The van der Waals surface area contributed by atoms with Crippen molar-refractivity contribution >= 4 is 23.1 Å². The molecule has 0 amide bonds. The highest BCUT2D eigenvalue weighted by Gasteiger charge is 2.21. The number of nitrogens with one attached hydrogen (secondary N) is 1. The third-order valence-corrected chi connectivity index (χ3v) is 2.66. The van der Waals surface area contributed by atoms with Crippen LogP contribution < -0.4 is 10.2 Å². The molecule has 0 radical (unpaired) electrons. The van der Waals surface area contributed by atoms with E-state index < -0.39 is 0 Å². The average Bonchev–Trinajstić information content (AvgIpc) is 2.16. The predicted molar refractivity (Wildman–Crippen MR) is 58.0 cm³/mol. The largest absolute Gasteiger partial charge is 0.368 e. The molecule has 0 fully saturated rings. The summed E-state index contributed by atoms with van der Waals surface area (Å²) < 4.78 is 0. The predicted octanol–water partition coefficient (Wildman–Crippen LogP) is 1.77. The van der Waals surface area contributed by atoms with Crippen LogP contribution in [-0.2, 0) is 0 Å². The van der Waals surface area contributed by atoms with Crippen LogP contribution >= 0.6 is 11.6 Å². The summed E-state index contributed by atoms with van der Waals surface area (Å²) in [5, 5.41) is 3.63. The van der Waals surface area contributed by atoms with Crippen LogP contribution in [0.2, 0.25) is 5.28 Å². The van der Waals surface area contributed by atoms with E-state index in [4.69, 9.17) is 11.6 Å². The van der Waals surface area contributed by atoms with Gasteiger partial charge in [0.25, 0.3) is 0 Å². The number of rotatable bonds is 1. The minimum Gasteiger partial charge on any atom is -0.368 e. The summed E-state index contributed by atoms with van der Waals surface area (Å²) >= 11 is 5.73. The van der Waals surface area contributed by atoms with Gasteiger partial charge < -0.3 is 10.2 Å². The Balaban J connectivity index is 2.35. The van der Waals surface area contributed by atoms with E-state index in [0.29, 0.717) is 11.3 Å². The fraction of sp³-hybridized carbons (Fsp3) is 0.556. The first-order valence-electron chi connectivity index (χ1n) is 4.71. The lowest BCUT2D eigenvalue weighted by Gasteiger charge is -2.33. The molecular formula is C9H13ClN4. The maximum absolute atomic E-state index is 5.73. The van der Waals surface area contributed by atoms with Gasteiger partial charge in [-0.3, -0.25) is 0 Å². The Kier molecular flexibility index (Phi) is 2.46. The molecule has 0 aliphatic carbocycles. The molecule has 1 aromatic rings. The number of likely N-dealkylation sites (N-methyl/N-ethyl adjacent to an activating group) is 1. The molecule has 1 atom stereocenters. The Morgan fingerprint density at radius 3 is 3.21 bits per heavy atom. The van der Waals surface area contributed by atoms with Crippen LogP contribution in [0.15, 0.2) is 6.20 Å². The molecule has 1 aromatic heterocycles. The first kappa shape index (κ1) is 9.52. The molecule has 0 saturated carbocycles. The molecule has 0 bridgehead atoms. The van der Waals surface area contributed by atoms with Crippen LogP contribution in [0, 0.1) is 0 Å². The maximum Gasteiger partial charge on any atom is 0.224 e. The quantitative estimate of drug-likeness (QED) is 0.721. The number of anilines is 2. The van der Waals surface area contributed by atoms with Crippen molar-refractivity contribution < 1.29 is 0 Å². The molecule has 1 aliphatic heterocycles. The summed E-state index contributed by atoms with van der Waals surface area (Å²) in [4.78, 5) is 10.3. The molecule has 0 spiro atoms. The van der Waals surface area contributed by atoms with Gasteiger partial charge in [0.2, 0.25) is 5.28 Å². The number of hydrogen-bond acceptors (Lipinski definition) is 4. The second-order valence-electron chi connectivity index (χ2n) is 3.50. The fourth-order valence-corrected chi connectivity index (χ4v) is 1.77. The summed E-state index contributed by atoms with van der Waals surface area (Å²) in [6.45, 7) is 3.13. The minimum absolute atomic E-state index is 0.293. The lowest BCUT2D eigenvalue weighted by molar-refractivity contribution is 0.655. The molecule has 2 rings (SSSR count). The molecule has 14 heavy (non-hydrogen) atoms. The van der Waals surface area contributed by atoms with Crippen LogP contribution in [0.5, 0.6) is 0 Å². The van der Waals surface area contributed by atoms with Crippen molar-refractivity contribution in [3.8, 4) is 0 Å². The SMILES string of the molecule is CC[C@@H]1CN(C)c2cnc(Cl)nc2N1. The van der Waals surface area contributed by atoms with Gasteiger partial charge in [0, 0.05) is 19.6 Å². The van der Waals surface area contributed by atoms with Gasteiger partial charge in [0.15, 0.2) is 5.82 Å². The Morgan fingerprint density at radius 1 is 1.71 bits per heavy atom. The highest BCUT2D eigenvalue weighted by molar-refractivity contribution is 6.28. The molecule has 76 valence electrons. The maximum atomic E-state index is 5.73. The van der Waals surface area contributed by atoms with Crippen molar-refractivity contribution in [2.75, 3.05) is 23.8 Å². The van der Waals surface area contributed by atoms with Gasteiger partial charge >= 0.3 is 0 Å². The molecule has 0 saturated heterocycles. The van der Waals surface area contributed by atoms with Gasteiger partial charge in [-0.1, -0.05) is 6.92 Å². The molecular weight excluding hydrogens is 200 g/mol. The second-order valence-corrected chi connectivity index (χ2v) is 3.84. The van der Waals surface area contributed by atoms with Crippen molar-refractivity contribution in [3.05, 3.63) is 11.5 Å². The van der Waals surface area contributed by atoms with Crippen molar-refractivity contribution in [3.63, 3.8) is 0 Å². The van der Waals surface area contributed by atoms with Crippen LogP contribution in [0.3, 0.4) is 0 Å². The summed E-state index contributed by atoms with van der Waals surface area (Å²) in [5.41, 5.74) is 1.01. The number of halogens is 1. The summed E-state index contributed by atoms with van der Waals surface area (Å²) in [5.74, 6) is 0.839. The Morgan fingerprint density at radius 2 is 2.50 bits per heavy atom. The number of nitrogens with zero attached hydrogens (tertiary/aromatic N) is 3. The van der Waals surface area contributed by atoms with E-state index in [0.717, 1.165) is 24.5 Å². The van der Waals surface area contributed by atoms with Gasteiger partial charge in [-0.15, -0.1) is 0 Å². The van der Waals surface area contributed by atoms with Gasteiger partial charge in [0.1, 0.15) is 0 Å². The van der Waals surface area contributed by atoms with E-state index >= 15 is 0 Å². The molecule has 2 heterocycles. The Hall–Kier alpha value is -1.03. The summed E-state index contributed by atoms with van der Waals surface area (Å²) in [6.07, 6.45) is 2.83. The monoisotopic (exact) mass is 212 g/mol. The minimum atomic E-state index is 0.293. The summed E-state index contributed by atoms with van der Waals surface area (Å²) in [7, 11) is 2.04. The molecule has 1 N–H and O–H groups in total. The lowest BCUT2D eigenvalue weighted by atomic mass is 10.1. The fourth-order valence-electron chi connectivity index (χ4n) is 1.64. The Bertz CT molecular complexity index is 342. The van der Waals surface area contributed by atoms with E-state index in [2.05, 4.69) is 27.1 Å². The molecule has 5 heteroatoms. The van der Waals surface area contributed by atoms with Crippen LogP contribution in [0.4, 0.5) is 11.5 Å². The van der Waals surface area contributed by atoms with E-state index in [9.17, 15) is 0 Å². The van der Waals surface area contributed by atoms with Crippen molar-refractivity contribution in [2.45, 2.75) is 19.4 Å². The van der Waals surface area contributed by atoms with E-state index in [1.807, 2.05) is 7.05 Å². The third-order valence-electron chi connectivity index (χ3n) is 2.48. The number of hydrogen-bond donors (Lipinski definition) is 1. The van der Waals surface area contributed by atoms with Crippen LogP contribution in [-0.4, -0.2) is 29.6 Å². The van der Waals surface area contributed by atoms with Gasteiger partial charge in [-0.05, 0) is 18.0 Å². The van der Waals surface area contributed by atoms with Gasteiger partial charge in [-0.2, -0.15) is 4.98 Å². The smallest absolute Gasteiger partial charge is 0.224 e. The summed E-state index contributed by atoms with van der Waals surface area (Å²) in [6, 6.07) is 0.443. The average molecular weight is 213 g/mol. The first-order chi connectivity index (χ1) is 6.70. The third kappa shape index (κ3) is 1.62. The lowest BCUT2D eigenvalue weighted by Crippen LogP contribution is -2.39. The zero-order valence-corrected chi connectivity index (χ0v) is 9.04. The standard InChI is InChI=1S/C9H13ClN4/c1-3-6-5-14(2)7-4-11-9(10)13-8(7)12-6/h4,6H,3,5H2,1-2H3,(H,11,12,13)/t6-/m1/s1. The first-order valence-corrected chi connectivity index (χ1v) is 5.08. The zero-order valence-electron chi connectivity index (χ0n) is 8.29. The van der Waals surface area contributed by atoms with Gasteiger partial charge in [0.05, 0.1) is 11.9 Å². The van der Waals surface area contributed by atoms with E-state index in [-0.39, 0.29) is 0 Å². The molecule has 0 aromatic carbocycles.